The number of hydrogen-bond donors (Lipinski definition) is 1. The summed E-state index contributed by atoms with van der Waals surface area (Å²) in [4.78, 5) is 11.8. The van der Waals surface area contributed by atoms with Crippen molar-refractivity contribution in [2.75, 3.05) is 0 Å². The Morgan fingerprint density at radius 3 is 2.53 bits per heavy atom. The van der Waals surface area contributed by atoms with E-state index < -0.39 is 6.04 Å². The first-order chi connectivity index (χ1) is 7.83. The minimum Gasteiger partial charge on any atom is -0.461 e. The molecule has 0 heterocycles. The van der Waals surface area contributed by atoms with Crippen LogP contribution in [0.4, 0.5) is 0 Å². The van der Waals surface area contributed by atoms with E-state index in [1.54, 1.807) is 0 Å². The Kier molecular flexibility index (Phi) is 3.01. The molecule has 0 saturated heterocycles. The average molecular weight is 239 g/mol. The predicted molar refractivity (Wildman–Crippen MR) is 67.4 cm³/mol. The second-order valence-electron chi connectivity index (χ2n) is 6.55. The molecule has 2 bridgehead atoms. The van der Waals surface area contributed by atoms with Gasteiger partial charge in [-0.1, -0.05) is 27.7 Å². The molecule has 2 saturated carbocycles. The summed E-state index contributed by atoms with van der Waals surface area (Å²) in [7, 11) is 0. The van der Waals surface area contributed by atoms with Gasteiger partial charge in [0.1, 0.15) is 12.1 Å². The van der Waals surface area contributed by atoms with Crippen LogP contribution < -0.4 is 5.73 Å². The molecular weight excluding hydrogens is 214 g/mol. The summed E-state index contributed by atoms with van der Waals surface area (Å²) in [5, 5.41) is 0. The van der Waals surface area contributed by atoms with Crippen LogP contribution in [-0.4, -0.2) is 18.1 Å². The van der Waals surface area contributed by atoms with E-state index in [1.165, 1.54) is 12.8 Å². The number of hydrogen-bond acceptors (Lipinski definition) is 3. The molecule has 2 fully saturated rings. The average Bonchev–Trinajstić information content (AvgIpc) is 2.60. The molecule has 0 amide bonds. The lowest BCUT2D eigenvalue weighted by atomic mass is 9.70. The molecule has 2 aliphatic rings. The van der Waals surface area contributed by atoms with E-state index in [0.717, 1.165) is 6.42 Å². The molecule has 2 aliphatic carbocycles. The number of carbonyl (C=O) groups is 1. The van der Waals surface area contributed by atoms with Gasteiger partial charge in [0.05, 0.1) is 0 Å². The maximum atomic E-state index is 11.8. The lowest BCUT2D eigenvalue weighted by molar-refractivity contribution is -0.158. The summed E-state index contributed by atoms with van der Waals surface area (Å²) in [6.45, 7) is 8.82. The Morgan fingerprint density at radius 1 is 1.47 bits per heavy atom. The molecule has 0 spiro atoms. The van der Waals surface area contributed by atoms with E-state index in [4.69, 9.17) is 10.5 Å². The Bertz CT molecular complexity index is 326. The minimum atomic E-state index is -0.458. The largest absolute Gasteiger partial charge is 0.461 e. The van der Waals surface area contributed by atoms with Crippen LogP contribution in [0.2, 0.25) is 0 Å². The smallest absolute Gasteiger partial charge is 0.323 e. The lowest BCUT2D eigenvalue weighted by Gasteiger charge is -2.38. The number of carbonyl (C=O) groups excluding carboxylic acids is 1. The van der Waals surface area contributed by atoms with Gasteiger partial charge in [-0.3, -0.25) is 4.79 Å². The van der Waals surface area contributed by atoms with Crippen LogP contribution in [0.3, 0.4) is 0 Å². The zero-order valence-electron chi connectivity index (χ0n) is 11.5. The molecule has 4 atom stereocenters. The van der Waals surface area contributed by atoms with Crippen molar-refractivity contribution in [3.63, 3.8) is 0 Å². The van der Waals surface area contributed by atoms with Crippen molar-refractivity contribution >= 4 is 5.97 Å². The van der Waals surface area contributed by atoms with Gasteiger partial charge in [0.25, 0.3) is 0 Å². The van der Waals surface area contributed by atoms with Gasteiger partial charge in [0.15, 0.2) is 0 Å². The normalized spacial score (nSPS) is 40.3. The zero-order chi connectivity index (χ0) is 12.8. The summed E-state index contributed by atoms with van der Waals surface area (Å²) >= 11 is 0. The fourth-order valence-corrected chi connectivity index (χ4v) is 3.70. The first-order valence-electron chi connectivity index (χ1n) is 6.79. The molecule has 3 unspecified atom stereocenters. The van der Waals surface area contributed by atoms with Crippen molar-refractivity contribution in [2.24, 2.45) is 22.5 Å². The summed E-state index contributed by atoms with van der Waals surface area (Å²) in [5.74, 6) is 0.477. The highest BCUT2D eigenvalue weighted by atomic mass is 16.5. The van der Waals surface area contributed by atoms with Crippen LogP contribution in [0.15, 0.2) is 0 Å². The SMILES string of the molecule is CC[C@H](N)C(=O)OC1CC2CCC1(C)C2(C)C. The molecule has 3 nitrogen and oxygen atoms in total. The highest BCUT2D eigenvalue weighted by Crippen LogP contribution is 2.66. The van der Waals surface area contributed by atoms with E-state index in [2.05, 4.69) is 20.8 Å². The number of nitrogens with two attached hydrogens (primary N) is 1. The summed E-state index contributed by atoms with van der Waals surface area (Å²) < 4.78 is 5.67. The Hall–Kier alpha value is -0.570. The summed E-state index contributed by atoms with van der Waals surface area (Å²) in [6, 6.07) is -0.458. The third-order valence-electron chi connectivity index (χ3n) is 5.71. The number of esters is 1. The first-order valence-corrected chi connectivity index (χ1v) is 6.79. The molecule has 2 rings (SSSR count). The molecule has 17 heavy (non-hydrogen) atoms. The second kappa shape index (κ2) is 3.98. The van der Waals surface area contributed by atoms with Crippen molar-refractivity contribution < 1.29 is 9.53 Å². The molecule has 3 heteroatoms. The number of rotatable bonds is 3. The molecular formula is C14H25NO2. The van der Waals surface area contributed by atoms with E-state index in [9.17, 15) is 4.79 Å². The standard InChI is InChI=1S/C14H25NO2/c1-5-10(15)12(16)17-11-8-9-6-7-14(11,4)13(9,2)3/h9-11H,5-8,15H2,1-4H3/t9?,10-,11?,14?/m0/s1. The van der Waals surface area contributed by atoms with Crippen LogP contribution in [0.5, 0.6) is 0 Å². The maximum absolute atomic E-state index is 11.8. The van der Waals surface area contributed by atoms with Crippen LogP contribution in [0, 0.1) is 16.7 Å². The fourth-order valence-electron chi connectivity index (χ4n) is 3.70. The van der Waals surface area contributed by atoms with Crippen molar-refractivity contribution in [2.45, 2.75) is 65.5 Å². The van der Waals surface area contributed by atoms with E-state index in [0.29, 0.717) is 12.3 Å². The van der Waals surface area contributed by atoms with Gasteiger partial charge in [-0.25, -0.2) is 0 Å². The molecule has 0 aromatic rings. The minimum absolute atomic E-state index is 0.0707. The second-order valence-corrected chi connectivity index (χ2v) is 6.55. The van der Waals surface area contributed by atoms with Gasteiger partial charge in [0.2, 0.25) is 0 Å². The molecule has 2 N–H and O–H groups in total. The van der Waals surface area contributed by atoms with Crippen LogP contribution in [0.1, 0.15) is 53.4 Å². The molecule has 0 radical (unpaired) electrons. The van der Waals surface area contributed by atoms with Gasteiger partial charge in [-0.2, -0.15) is 0 Å². The van der Waals surface area contributed by atoms with Crippen LogP contribution in [-0.2, 0) is 9.53 Å². The van der Waals surface area contributed by atoms with Crippen molar-refractivity contribution in [3.8, 4) is 0 Å². The van der Waals surface area contributed by atoms with Crippen molar-refractivity contribution in [1.82, 2.24) is 0 Å². The molecule has 0 aromatic heterocycles. The van der Waals surface area contributed by atoms with Gasteiger partial charge in [-0.15, -0.1) is 0 Å². The Balaban J connectivity index is 2.08. The van der Waals surface area contributed by atoms with Crippen LogP contribution in [0.25, 0.3) is 0 Å². The first kappa shape index (κ1) is 12.9. The Labute approximate surface area is 104 Å². The molecule has 98 valence electrons. The van der Waals surface area contributed by atoms with Crippen molar-refractivity contribution in [1.29, 1.82) is 0 Å². The topological polar surface area (TPSA) is 52.3 Å². The van der Waals surface area contributed by atoms with Gasteiger partial charge < -0.3 is 10.5 Å². The highest BCUT2D eigenvalue weighted by Gasteiger charge is 2.62. The monoisotopic (exact) mass is 239 g/mol. The zero-order valence-corrected chi connectivity index (χ0v) is 11.5. The maximum Gasteiger partial charge on any atom is 0.323 e. The van der Waals surface area contributed by atoms with E-state index in [1.807, 2.05) is 6.92 Å². The number of fused-ring (bicyclic) bond motifs is 2. The molecule has 0 aliphatic heterocycles. The van der Waals surface area contributed by atoms with Crippen LogP contribution >= 0.6 is 0 Å². The number of ether oxygens (including phenoxy) is 1. The van der Waals surface area contributed by atoms with Gasteiger partial charge >= 0.3 is 5.97 Å². The van der Waals surface area contributed by atoms with Gasteiger partial charge in [-0.05, 0) is 37.0 Å². The third-order valence-corrected chi connectivity index (χ3v) is 5.71. The van der Waals surface area contributed by atoms with Gasteiger partial charge in [0, 0.05) is 5.41 Å². The fraction of sp³-hybridized carbons (Fsp3) is 0.929. The predicted octanol–water partition coefficient (Wildman–Crippen LogP) is 2.48. The quantitative estimate of drug-likeness (QED) is 0.770. The summed E-state index contributed by atoms with van der Waals surface area (Å²) in [5.41, 5.74) is 6.15. The van der Waals surface area contributed by atoms with E-state index >= 15 is 0 Å². The van der Waals surface area contributed by atoms with E-state index in [-0.39, 0.29) is 22.9 Å². The summed E-state index contributed by atoms with van der Waals surface area (Å²) in [6.07, 6.45) is 4.18. The molecule has 0 aromatic carbocycles. The lowest BCUT2D eigenvalue weighted by Crippen LogP contribution is -2.42. The third kappa shape index (κ3) is 1.70. The van der Waals surface area contributed by atoms with Crippen molar-refractivity contribution in [3.05, 3.63) is 0 Å². The Morgan fingerprint density at radius 2 is 2.12 bits per heavy atom. The highest BCUT2D eigenvalue weighted by molar-refractivity contribution is 5.75.